The highest BCUT2D eigenvalue weighted by Gasteiger charge is 2.14. The minimum atomic E-state index is -0.342. The Kier molecular flexibility index (Phi) is 4.22. The van der Waals surface area contributed by atoms with E-state index in [0.29, 0.717) is 5.56 Å². The van der Waals surface area contributed by atoms with Crippen LogP contribution in [0.15, 0.2) is 35.6 Å². The molecule has 0 amide bonds. The summed E-state index contributed by atoms with van der Waals surface area (Å²) in [6.07, 6.45) is 1.53. The van der Waals surface area contributed by atoms with Gasteiger partial charge in [-0.15, -0.1) is 11.3 Å². The Bertz CT molecular complexity index is 843. The Balaban J connectivity index is 1.82. The van der Waals surface area contributed by atoms with Crippen molar-refractivity contribution in [2.24, 2.45) is 0 Å². The van der Waals surface area contributed by atoms with Crippen molar-refractivity contribution < 1.29 is 9.18 Å². The lowest BCUT2D eigenvalue weighted by Gasteiger charge is -2.03. The molecule has 1 aromatic carbocycles. The number of rotatable bonds is 4. The Labute approximate surface area is 135 Å². The number of ketones is 1. The van der Waals surface area contributed by atoms with Crippen molar-refractivity contribution in [2.45, 2.75) is 18.9 Å². The highest BCUT2D eigenvalue weighted by Crippen LogP contribution is 2.34. The molecule has 2 heterocycles. The largest absolute Gasteiger partial charge is 0.293 e. The van der Waals surface area contributed by atoms with Gasteiger partial charge in [0.05, 0.1) is 5.75 Å². The minimum absolute atomic E-state index is 0.0404. The molecule has 0 aliphatic rings. The molecule has 0 bridgehead atoms. The van der Waals surface area contributed by atoms with Gasteiger partial charge >= 0.3 is 0 Å². The third-order valence-corrected chi connectivity index (χ3v) is 5.54. The van der Waals surface area contributed by atoms with Crippen molar-refractivity contribution in [1.29, 1.82) is 0 Å². The van der Waals surface area contributed by atoms with Crippen molar-refractivity contribution in [3.8, 4) is 0 Å². The second-order valence-corrected chi connectivity index (χ2v) is 7.03. The summed E-state index contributed by atoms with van der Waals surface area (Å²) >= 11 is 3.03. The third kappa shape index (κ3) is 2.89. The summed E-state index contributed by atoms with van der Waals surface area (Å²) in [5.74, 6) is -0.112. The molecule has 0 N–H and O–H groups in total. The molecule has 0 saturated carbocycles. The van der Waals surface area contributed by atoms with Crippen LogP contribution in [0.25, 0.3) is 10.2 Å². The fourth-order valence-corrected chi connectivity index (χ4v) is 4.12. The lowest BCUT2D eigenvalue weighted by atomic mass is 10.1. The molecular weight excluding hydrogens is 319 g/mol. The standard InChI is InChI=1S/C16H13FN2OS2/c1-9-10(2)22-16-14(9)15(18-8-19-16)21-7-13(20)11-3-5-12(17)6-4-11/h3-6,8H,7H2,1-2H3. The number of nitrogens with zero attached hydrogens (tertiary/aromatic N) is 2. The first-order valence-electron chi connectivity index (χ1n) is 6.68. The number of aryl methyl sites for hydroxylation is 2. The van der Waals surface area contributed by atoms with E-state index in [9.17, 15) is 9.18 Å². The Morgan fingerprint density at radius 1 is 1.23 bits per heavy atom. The van der Waals surface area contributed by atoms with E-state index in [1.807, 2.05) is 6.92 Å². The smallest absolute Gasteiger partial charge is 0.173 e. The van der Waals surface area contributed by atoms with Crippen LogP contribution in [0.2, 0.25) is 0 Å². The zero-order chi connectivity index (χ0) is 15.7. The molecule has 0 aliphatic heterocycles. The highest BCUT2D eigenvalue weighted by atomic mass is 32.2. The third-order valence-electron chi connectivity index (χ3n) is 3.44. The Morgan fingerprint density at radius 2 is 1.95 bits per heavy atom. The van der Waals surface area contributed by atoms with Gasteiger partial charge in [0, 0.05) is 15.8 Å². The molecule has 3 rings (SSSR count). The van der Waals surface area contributed by atoms with Crippen LogP contribution >= 0.6 is 23.1 Å². The number of Topliss-reactive ketones (excluding diaryl/α,β-unsaturated/α-hetero) is 1. The van der Waals surface area contributed by atoms with Crippen molar-refractivity contribution in [2.75, 3.05) is 5.75 Å². The highest BCUT2D eigenvalue weighted by molar-refractivity contribution is 8.00. The first-order chi connectivity index (χ1) is 10.6. The molecule has 6 heteroatoms. The number of fused-ring (bicyclic) bond motifs is 1. The summed E-state index contributed by atoms with van der Waals surface area (Å²) in [7, 11) is 0. The van der Waals surface area contributed by atoms with Gasteiger partial charge in [0.25, 0.3) is 0 Å². The maximum atomic E-state index is 12.9. The van der Waals surface area contributed by atoms with E-state index >= 15 is 0 Å². The molecule has 2 aromatic heterocycles. The summed E-state index contributed by atoms with van der Waals surface area (Å²) in [5, 5.41) is 1.85. The summed E-state index contributed by atoms with van der Waals surface area (Å²) in [4.78, 5) is 22.9. The number of aromatic nitrogens is 2. The van der Waals surface area contributed by atoms with E-state index in [1.165, 1.54) is 47.2 Å². The van der Waals surface area contributed by atoms with Gasteiger partial charge in [-0.2, -0.15) is 0 Å². The van der Waals surface area contributed by atoms with Gasteiger partial charge in [-0.3, -0.25) is 4.79 Å². The van der Waals surface area contributed by atoms with Gasteiger partial charge in [0.1, 0.15) is 22.0 Å². The van der Waals surface area contributed by atoms with Crippen molar-refractivity contribution in [3.05, 3.63) is 52.4 Å². The van der Waals surface area contributed by atoms with Gasteiger partial charge in [-0.05, 0) is 43.7 Å². The van der Waals surface area contributed by atoms with Crippen LogP contribution in [0.3, 0.4) is 0 Å². The predicted molar refractivity (Wildman–Crippen MR) is 88.3 cm³/mol. The number of carbonyl (C=O) groups excluding carboxylic acids is 1. The van der Waals surface area contributed by atoms with E-state index in [2.05, 4.69) is 16.9 Å². The maximum absolute atomic E-state index is 12.9. The zero-order valence-corrected chi connectivity index (χ0v) is 13.7. The van der Waals surface area contributed by atoms with E-state index in [1.54, 1.807) is 11.3 Å². The van der Waals surface area contributed by atoms with Crippen molar-refractivity contribution >= 4 is 39.1 Å². The van der Waals surface area contributed by atoms with Crippen LogP contribution in [-0.2, 0) is 0 Å². The molecule has 0 atom stereocenters. The molecule has 0 aliphatic carbocycles. The van der Waals surface area contributed by atoms with Gasteiger partial charge in [-0.1, -0.05) is 11.8 Å². The molecule has 0 unspecified atom stereocenters. The van der Waals surface area contributed by atoms with E-state index in [0.717, 1.165) is 20.8 Å². The summed E-state index contributed by atoms with van der Waals surface area (Å²) in [5.41, 5.74) is 1.68. The summed E-state index contributed by atoms with van der Waals surface area (Å²) < 4.78 is 12.9. The van der Waals surface area contributed by atoms with Gasteiger partial charge in [-0.25, -0.2) is 14.4 Å². The average Bonchev–Trinajstić information content (AvgIpc) is 2.81. The van der Waals surface area contributed by atoms with E-state index in [4.69, 9.17) is 0 Å². The van der Waals surface area contributed by atoms with Gasteiger partial charge in [0.15, 0.2) is 5.78 Å². The molecule has 0 saturated heterocycles. The lowest BCUT2D eigenvalue weighted by Crippen LogP contribution is -2.02. The molecule has 0 spiro atoms. The Morgan fingerprint density at radius 3 is 2.68 bits per heavy atom. The number of halogens is 1. The average molecular weight is 332 g/mol. The van der Waals surface area contributed by atoms with Crippen LogP contribution in [0.5, 0.6) is 0 Å². The number of hydrogen-bond acceptors (Lipinski definition) is 5. The van der Waals surface area contributed by atoms with Gasteiger partial charge in [0.2, 0.25) is 0 Å². The van der Waals surface area contributed by atoms with Crippen LogP contribution in [-0.4, -0.2) is 21.5 Å². The van der Waals surface area contributed by atoms with Gasteiger partial charge < -0.3 is 0 Å². The van der Waals surface area contributed by atoms with Crippen LogP contribution < -0.4 is 0 Å². The first-order valence-corrected chi connectivity index (χ1v) is 8.48. The number of carbonyl (C=O) groups is 1. The fourth-order valence-electron chi connectivity index (χ4n) is 2.11. The number of thiophene rings is 1. The molecule has 3 nitrogen and oxygen atoms in total. The minimum Gasteiger partial charge on any atom is -0.293 e. The van der Waals surface area contributed by atoms with Crippen molar-refractivity contribution in [1.82, 2.24) is 9.97 Å². The second-order valence-electron chi connectivity index (χ2n) is 4.86. The maximum Gasteiger partial charge on any atom is 0.173 e. The molecule has 112 valence electrons. The van der Waals surface area contributed by atoms with E-state index in [-0.39, 0.29) is 17.4 Å². The van der Waals surface area contributed by atoms with Crippen LogP contribution in [0.4, 0.5) is 4.39 Å². The lowest BCUT2D eigenvalue weighted by molar-refractivity contribution is 0.102. The number of hydrogen-bond donors (Lipinski definition) is 0. The summed E-state index contributed by atoms with van der Waals surface area (Å²) in [6.45, 7) is 4.10. The zero-order valence-electron chi connectivity index (χ0n) is 12.1. The topological polar surface area (TPSA) is 42.9 Å². The normalized spacial score (nSPS) is 11.0. The molecule has 22 heavy (non-hydrogen) atoms. The van der Waals surface area contributed by atoms with Crippen LogP contribution in [0.1, 0.15) is 20.8 Å². The van der Waals surface area contributed by atoms with Crippen molar-refractivity contribution in [3.63, 3.8) is 0 Å². The SMILES string of the molecule is Cc1sc2ncnc(SCC(=O)c3ccc(F)cc3)c2c1C. The monoisotopic (exact) mass is 332 g/mol. The number of thioether (sulfide) groups is 1. The quantitative estimate of drug-likeness (QED) is 0.403. The molecular formula is C16H13FN2OS2. The summed E-state index contributed by atoms with van der Waals surface area (Å²) in [6, 6.07) is 5.61. The van der Waals surface area contributed by atoms with E-state index < -0.39 is 0 Å². The molecule has 3 aromatic rings. The second kappa shape index (κ2) is 6.14. The first kappa shape index (κ1) is 15.1. The molecule has 0 radical (unpaired) electrons. The predicted octanol–water partition coefficient (Wildman–Crippen LogP) is 4.42. The number of benzene rings is 1. The fraction of sp³-hybridized carbons (Fsp3) is 0.188. The van der Waals surface area contributed by atoms with Crippen LogP contribution in [0, 0.1) is 19.7 Å². The molecule has 0 fully saturated rings. The Hall–Kier alpha value is -1.79.